The molecule has 0 aromatic carbocycles. The van der Waals surface area contributed by atoms with E-state index in [4.69, 9.17) is 5.26 Å². The van der Waals surface area contributed by atoms with Gasteiger partial charge in [-0.25, -0.2) is 8.42 Å². The molecule has 15 heavy (non-hydrogen) atoms. The zero-order chi connectivity index (χ0) is 11.5. The van der Waals surface area contributed by atoms with Crippen molar-refractivity contribution in [1.82, 2.24) is 4.31 Å². The molecule has 0 spiro atoms. The first-order valence-corrected chi connectivity index (χ1v) is 6.08. The van der Waals surface area contributed by atoms with E-state index in [0.29, 0.717) is 19.4 Å². The highest BCUT2D eigenvalue weighted by Gasteiger charge is 2.35. The summed E-state index contributed by atoms with van der Waals surface area (Å²) in [5.74, 6) is -1.50. The zero-order valence-corrected chi connectivity index (χ0v) is 9.16. The average molecular weight is 232 g/mol. The van der Waals surface area contributed by atoms with Gasteiger partial charge >= 0.3 is 5.97 Å². The lowest BCUT2D eigenvalue weighted by atomic mass is 10.2. The molecule has 0 N–H and O–H groups in total. The molecule has 84 valence electrons. The molecule has 6 nitrogen and oxygen atoms in total. The molecule has 0 radical (unpaired) electrons. The fourth-order valence-corrected chi connectivity index (χ4v) is 3.02. The second kappa shape index (κ2) is 4.59. The molecule has 1 atom stereocenters. The first kappa shape index (κ1) is 11.9. The summed E-state index contributed by atoms with van der Waals surface area (Å²) in [7, 11) is -2.57. The number of sulfonamides is 1. The lowest BCUT2D eigenvalue weighted by Gasteiger charge is -2.17. The molecular formula is C8H12N2O4S. The molecule has 1 saturated heterocycles. The van der Waals surface area contributed by atoms with E-state index in [2.05, 4.69) is 4.74 Å². The van der Waals surface area contributed by atoms with Gasteiger partial charge in [0.2, 0.25) is 10.0 Å². The molecule has 0 saturated carbocycles. The number of hydrogen-bond donors (Lipinski definition) is 0. The fraction of sp³-hybridized carbons (Fsp3) is 0.750. The minimum Gasteiger partial charge on any atom is -0.468 e. The molecular weight excluding hydrogens is 220 g/mol. The zero-order valence-electron chi connectivity index (χ0n) is 8.34. The van der Waals surface area contributed by atoms with Gasteiger partial charge in [0.05, 0.1) is 13.2 Å². The number of methoxy groups -OCH3 is 1. The third kappa shape index (κ3) is 2.67. The van der Waals surface area contributed by atoms with Crippen LogP contribution in [0.3, 0.4) is 0 Å². The van der Waals surface area contributed by atoms with Gasteiger partial charge in [-0.05, 0) is 12.8 Å². The molecule has 0 aliphatic carbocycles. The predicted molar refractivity (Wildman–Crippen MR) is 51.1 cm³/mol. The maximum absolute atomic E-state index is 11.6. The highest BCUT2D eigenvalue weighted by atomic mass is 32.2. The van der Waals surface area contributed by atoms with Crippen molar-refractivity contribution in [1.29, 1.82) is 5.26 Å². The van der Waals surface area contributed by atoms with Gasteiger partial charge in [-0.1, -0.05) is 0 Å². The van der Waals surface area contributed by atoms with Crippen LogP contribution in [0.25, 0.3) is 0 Å². The van der Waals surface area contributed by atoms with Gasteiger partial charge in [-0.15, -0.1) is 0 Å². The van der Waals surface area contributed by atoms with Gasteiger partial charge < -0.3 is 4.74 Å². The Hall–Kier alpha value is -1.13. The van der Waals surface area contributed by atoms with E-state index in [0.717, 1.165) is 11.4 Å². The van der Waals surface area contributed by atoms with Crippen molar-refractivity contribution in [2.45, 2.75) is 18.9 Å². The van der Waals surface area contributed by atoms with Crippen LogP contribution in [0.2, 0.25) is 0 Å². The third-order valence-corrected chi connectivity index (χ3v) is 3.99. The lowest BCUT2D eigenvalue weighted by Crippen LogP contribution is -2.38. The van der Waals surface area contributed by atoms with Crippen molar-refractivity contribution in [3.63, 3.8) is 0 Å². The van der Waals surface area contributed by atoms with Crippen LogP contribution in [-0.2, 0) is 19.6 Å². The summed E-state index contributed by atoms with van der Waals surface area (Å²) in [6.45, 7) is 0.303. The first-order valence-electron chi connectivity index (χ1n) is 4.47. The minimum atomic E-state index is -3.70. The summed E-state index contributed by atoms with van der Waals surface area (Å²) >= 11 is 0. The van der Waals surface area contributed by atoms with Crippen molar-refractivity contribution in [2.75, 3.05) is 19.4 Å². The number of nitrogens with zero attached hydrogens (tertiary/aromatic N) is 2. The quantitative estimate of drug-likeness (QED) is 0.611. The molecule has 7 heteroatoms. The molecule has 1 rings (SSSR count). The van der Waals surface area contributed by atoms with E-state index < -0.39 is 27.8 Å². The molecule has 1 unspecified atom stereocenters. The van der Waals surface area contributed by atoms with Crippen LogP contribution in [-0.4, -0.2) is 44.1 Å². The van der Waals surface area contributed by atoms with Gasteiger partial charge in [0.15, 0.2) is 5.75 Å². The van der Waals surface area contributed by atoms with E-state index in [9.17, 15) is 13.2 Å². The Balaban J connectivity index is 2.78. The van der Waals surface area contributed by atoms with Crippen molar-refractivity contribution in [3.8, 4) is 6.07 Å². The molecule has 1 heterocycles. The summed E-state index contributed by atoms with van der Waals surface area (Å²) in [6.07, 6.45) is 1.18. The number of rotatable bonds is 3. The van der Waals surface area contributed by atoms with Crippen LogP contribution >= 0.6 is 0 Å². The van der Waals surface area contributed by atoms with Crippen molar-refractivity contribution >= 4 is 16.0 Å². The SMILES string of the molecule is COC(=O)CS(=O)(=O)N1CCCC1C#N. The van der Waals surface area contributed by atoms with Crippen molar-refractivity contribution in [3.05, 3.63) is 0 Å². The molecule has 0 aromatic rings. The second-order valence-electron chi connectivity index (χ2n) is 3.23. The Bertz CT molecular complexity index is 384. The Morgan fingerprint density at radius 1 is 1.67 bits per heavy atom. The molecule has 1 aliphatic rings. The van der Waals surface area contributed by atoms with Crippen LogP contribution in [0.1, 0.15) is 12.8 Å². The number of hydrogen-bond acceptors (Lipinski definition) is 5. The molecule has 0 amide bonds. The highest BCUT2D eigenvalue weighted by Crippen LogP contribution is 2.20. The highest BCUT2D eigenvalue weighted by molar-refractivity contribution is 7.89. The van der Waals surface area contributed by atoms with E-state index in [1.165, 1.54) is 0 Å². The van der Waals surface area contributed by atoms with E-state index >= 15 is 0 Å². The molecule has 0 aromatic heterocycles. The molecule has 1 fully saturated rings. The number of ether oxygens (including phenoxy) is 1. The van der Waals surface area contributed by atoms with Crippen LogP contribution in [0.5, 0.6) is 0 Å². The van der Waals surface area contributed by atoms with E-state index in [1.807, 2.05) is 6.07 Å². The predicted octanol–water partition coefficient (Wildman–Crippen LogP) is -0.523. The minimum absolute atomic E-state index is 0.303. The maximum Gasteiger partial charge on any atom is 0.322 e. The second-order valence-corrected chi connectivity index (χ2v) is 5.15. The standard InChI is InChI=1S/C8H12N2O4S/c1-14-8(11)6-15(12,13)10-4-2-3-7(10)5-9/h7H,2-4,6H2,1H3. The Morgan fingerprint density at radius 3 is 2.87 bits per heavy atom. The normalized spacial score (nSPS) is 22.3. The van der Waals surface area contributed by atoms with E-state index in [1.54, 1.807) is 0 Å². The summed E-state index contributed by atoms with van der Waals surface area (Å²) in [6, 6.07) is 1.27. The summed E-state index contributed by atoms with van der Waals surface area (Å²) in [5, 5.41) is 8.72. The average Bonchev–Trinajstić information content (AvgIpc) is 2.65. The van der Waals surface area contributed by atoms with Gasteiger partial charge in [-0.2, -0.15) is 9.57 Å². The molecule has 1 aliphatic heterocycles. The first-order chi connectivity index (χ1) is 7.01. The summed E-state index contributed by atoms with van der Waals surface area (Å²) in [5.41, 5.74) is 0. The Labute approximate surface area is 88.5 Å². The van der Waals surface area contributed by atoms with E-state index in [-0.39, 0.29) is 0 Å². The monoisotopic (exact) mass is 232 g/mol. The third-order valence-electron chi connectivity index (χ3n) is 2.24. The van der Waals surface area contributed by atoms with Gasteiger partial charge in [-0.3, -0.25) is 4.79 Å². The maximum atomic E-state index is 11.6. The largest absolute Gasteiger partial charge is 0.468 e. The fourth-order valence-electron chi connectivity index (χ4n) is 1.49. The van der Waals surface area contributed by atoms with Gasteiger partial charge in [0.25, 0.3) is 0 Å². The Kier molecular flexibility index (Phi) is 3.66. The number of esters is 1. The van der Waals surface area contributed by atoms with Gasteiger partial charge in [0, 0.05) is 6.54 Å². The lowest BCUT2D eigenvalue weighted by molar-refractivity contribution is -0.137. The van der Waals surface area contributed by atoms with Crippen LogP contribution in [0.4, 0.5) is 0 Å². The van der Waals surface area contributed by atoms with Crippen molar-refractivity contribution in [2.24, 2.45) is 0 Å². The Morgan fingerprint density at radius 2 is 2.33 bits per heavy atom. The topological polar surface area (TPSA) is 87.5 Å². The summed E-state index contributed by atoms with van der Waals surface area (Å²) in [4.78, 5) is 10.9. The summed E-state index contributed by atoms with van der Waals surface area (Å²) < 4.78 is 28.7. The van der Waals surface area contributed by atoms with Crippen LogP contribution < -0.4 is 0 Å². The van der Waals surface area contributed by atoms with Gasteiger partial charge in [0.1, 0.15) is 6.04 Å². The smallest absolute Gasteiger partial charge is 0.322 e. The van der Waals surface area contributed by atoms with Crippen molar-refractivity contribution < 1.29 is 17.9 Å². The number of carbonyl (C=O) groups excluding carboxylic acids is 1. The van der Waals surface area contributed by atoms with Crippen LogP contribution in [0.15, 0.2) is 0 Å². The number of carbonyl (C=O) groups is 1. The molecule has 0 bridgehead atoms. The van der Waals surface area contributed by atoms with Crippen LogP contribution in [0, 0.1) is 11.3 Å². The number of nitriles is 1.